The van der Waals surface area contributed by atoms with E-state index in [1.165, 1.54) is 23.3 Å². The Morgan fingerprint density at radius 2 is 2.19 bits per heavy atom. The summed E-state index contributed by atoms with van der Waals surface area (Å²) in [7, 11) is 0. The van der Waals surface area contributed by atoms with Gasteiger partial charge in [0.2, 0.25) is 5.91 Å². The molecule has 2 heterocycles. The Labute approximate surface area is 168 Å². The number of amides is 1. The van der Waals surface area contributed by atoms with Crippen LogP contribution in [0.4, 0.5) is 0 Å². The summed E-state index contributed by atoms with van der Waals surface area (Å²) in [5, 5.41) is 3.77. The zero-order valence-electron chi connectivity index (χ0n) is 14.2. The van der Waals surface area contributed by atoms with Crippen molar-refractivity contribution in [1.82, 2.24) is 19.9 Å². The molecule has 27 heavy (non-hydrogen) atoms. The largest absolute Gasteiger partial charge is 0.493 e. The highest BCUT2D eigenvalue weighted by molar-refractivity contribution is 9.10. The van der Waals surface area contributed by atoms with E-state index in [1.54, 1.807) is 12.1 Å². The van der Waals surface area contributed by atoms with E-state index >= 15 is 0 Å². The molecule has 1 N–H and O–H groups in total. The van der Waals surface area contributed by atoms with Crippen LogP contribution in [0, 0.1) is 0 Å². The Morgan fingerprint density at radius 3 is 3.00 bits per heavy atom. The van der Waals surface area contributed by atoms with Crippen LogP contribution in [0.1, 0.15) is 6.42 Å². The number of carbonyl (C=O) groups excluding carboxylic acids is 1. The van der Waals surface area contributed by atoms with Crippen molar-refractivity contribution in [2.75, 3.05) is 13.2 Å². The number of carbonyl (C=O) groups is 1. The van der Waals surface area contributed by atoms with Crippen molar-refractivity contribution < 1.29 is 9.53 Å². The number of hydrogen-bond acceptors (Lipinski definition) is 5. The van der Waals surface area contributed by atoms with Crippen LogP contribution in [0.25, 0.3) is 10.9 Å². The van der Waals surface area contributed by atoms with Crippen LogP contribution in [-0.4, -0.2) is 33.6 Å². The van der Waals surface area contributed by atoms with Gasteiger partial charge in [-0.25, -0.2) is 4.98 Å². The van der Waals surface area contributed by atoms with Gasteiger partial charge in [0.05, 0.1) is 34.5 Å². The third-order valence-corrected chi connectivity index (χ3v) is 4.55. The molecule has 0 saturated carbocycles. The lowest BCUT2D eigenvalue weighted by atomic mass is 10.3. The van der Waals surface area contributed by atoms with Crippen molar-refractivity contribution in [1.29, 1.82) is 0 Å². The molecule has 0 aliphatic heterocycles. The monoisotopic (exact) mass is 450 g/mol. The van der Waals surface area contributed by atoms with Gasteiger partial charge in [0.1, 0.15) is 12.3 Å². The van der Waals surface area contributed by atoms with Crippen LogP contribution in [0.15, 0.2) is 52.3 Å². The number of pyridine rings is 1. The minimum Gasteiger partial charge on any atom is -0.493 e. The maximum absolute atomic E-state index is 12.5. The molecule has 1 amide bonds. The van der Waals surface area contributed by atoms with Crippen LogP contribution in [0.5, 0.6) is 5.75 Å². The van der Waals surface area contributed by atoms with E-state index < -0.39 is 0 Å². The van der Waals surface area contributed by atoms with Crippen LogP contribution in [0.3, 0.4) is 0 Å². The highest BCUT2D eigenvalue weighted by atomic mass is 79.9. The van der Waals surface area contributed by atoms with Gasteiger partial charge in [0, 0.05) is 17.8 Å². The van der Waals surface area contributed by atoms with Gasteiger partial charge in [-0.15, -0.1) is 0 Å². The minimum absolute atomic E-state index is 0.105. The van der Waals surface area contributed by atoms with E-state index in [2.05, 4.69) is 31.2 Å². The number of nitrogens with one attached hydrogen (secondary N) is 1. The third-order valence-electron chi connectivity index (χ3n) is 3.71. The van der Waals surface area contributed by atoms with Gasteiger partial charge in [-0.3, -0.25) is 19.1 Å². The normalized spacial score (nSPS) is 10.7. The summed E-state index contributed by atoms with van der Waals surface area (Å²) >= 11 is 9.18. The summed E-state index contributed by atoms with van der Waals surface area (Å²) in [6.45, 7) is 0.770. The molecule has 0 saturated heterocycles. The first kappa shape index (κ1) is 19.3. The fraction of sp³-hybridized carbons (Fsp3) is 0.222. The molecule has 3 aromatic rings. The van der Waals surface area contributed by atoms with Gasteiger partial charge >= 0.3 is 0 Å². The zero-order valence-corrected chi connectivity index (χ0v) is 16.5. The molecule has 140 valence electrons. The van der Waals surface area contributed by atoms with E-state index in [9.17, 15) is 9.59 Å². The van der Waals surface area contributed by atoms with Gasteiger partial charge in [-0.05, 0) is 40.5 Å². The summed E-state index contributed by atoms with van der Waals surface area (Å²) in [5.41, 5.74) is 0.179. The van der Waals surface area contributed by atoms with E-state index in [1.807, 2.05) is 12.1 Å². The predicted octanol–water partition coefficient (Wildman–Crippen LogP) is 2.79. The minimum atomic E-state index is -0.297. The zero-order chi connectivity index (χ0) is 19.2. The molecule has 2 aromatic heterocycles. The van der Waals surface area contributed by atoms with E-state index in [0.717, 1.165) is 0 Å². The SMILES string of the molecule is O=C(Cn1cnc2cncc(Br)c2c1=O)NCCCOc1cccc(Cl)c1. The average Bonchev–Trinajstić information content (AvgIpc) is 2.64. The molecule has 9 heteroatoms. The number of ether oxygens (including phenoxy) is 1. The first-order valence-corrected chi connectivity index (χ1v) is 9.35. The second kappa shape index (κ2) is 8.96. The number of nitrogens with zero attached hydrogens (tertiary/aromatic N) is 3. The smallest absolute Gasteiger partial charge is 0.262 e. The average molecular weight is 452 g/mol. The molecule has 0 unspecified atom stereocenters. The second-order valence-electron chi connectivity index (χ2n) is 5.70. The summed E-state index contributed by atoms with van der Waals surface area (Å²) in [6, 6.07) is 7.13. The van der Waals surface area contributed by atoms with Gasteiger partial charge in [-0.2, -0.15) is 0 Å². The summed E-state index contributed by atoms with van der Waals surface area (Å²) in [6.07, 6.45) is 5.00. The molecule has 0 atom stereocenters. The van der Waals surface area contributed by atoms with Gasteiger partial charge in [0.25, 0.3) is 5.56 Å². The quantitative estimate of drug-likeness (QED) is 0.558. The van der Waals surface area contributed by atoms with Crippen molar-refractivity contribution in [3.05, 3.63) is 62.8 Å². The Bertz CT molecular complexity index is 1020. The molecular formula is C18H16BrClN4O3. The number of fused-ring (bicyclic) bond motifs is 1. The molecule has 0 fully saturated rings. The lowest BCUT2D eigenvalue weighted by Crippen LogP contribution is -2.33. The Morgan fingerprint density at radius 1 is 1.33 bits per heavy atom. The fourth-order valence-corrected chi connectivity index (χ4v) is 3.10. The summed E-state index contributed by atoms with van der Waals surface area (Å²) < 4.78 is 7.37. The van der Waals surface area contributed by atoms with Gasteiger partial charge in [0.15, 0.2) is 0 Å². The molecule has 0 bridgehead atoms. The van der Waals surface area contributed by atoms with Crippen LogP contribution < -0.4 is 15.6 Å². The Hall–Kier alpha value is -2.45. The van der Waals surface area contributed by atoms with Gasteiger partial charge < -0.3 is 10.1 Å². The topological polar surface area (TPSA) is 86.1 Å². The first-order valence-electron chi connectivity index (χ1n) is 8.18. The highest BCUT2D eigenvalue weighted by Gasteiger charge is 2.10. The van der Waals surface area contributed by atoms with Crippen molar-refractivity contribution in [3.63, 3.8) is 0 Å². The van der Waals surface area contributed by atoms with E-state index in [0.29, 0.717) is 45.7 Å². The van der Waals surface area contributed by atoms with Crippen molar-refractivity contribution in [2.45, 2.75) is 13.0 Å². The number of rotatable bonds is 7. The maximum atomic E-state index is 12.5. The number of aromatic nitrogens is 3. The summed E-state index contributed by atoms with van der Waals surface area (Å²) in [4.78, 5) is 32.7. The molecule has 0 spiro atoms. The lowest BCUT2D eigenvalue weighted by Gasteiger charge is -2.09. The van der Waals surface area contributed by atoms with Crippen molar-refractivity contribution >= 4 is 44.3 Å². The third kappa shape index (κ3) is 5.05. The fourth-order valence-electron chi connectivity index (χ4n) is 2.43. The molecule has 0 aliphatic rings. The Kier molecular flexibility index (Phi) is 6.41. The molecular weight excluding hydrogens is 436 g/mol. The lowest BCUT2D eigenvalue weighted by molar-refractivity contribution is -0.121. The molecule has 1 aromatic carbocycles. The van der Waals surface area contributed by atoms with Crippen LogP contribution >= 0.6 is 27.5 Å². The summed E-state index contributed by atoms with van der Waals surface area (Å²) in [5.74, 6) is 0.411. The first-order chi connectivity index (χ1) is 13.0. The standard InChI is InChI=1S/C18H16BrClN4O3/c19-14-8-21-9-15-17(14)18(26)24(11-23-15)10-16(25)22-5-2-6-27-13-4-1-3-12(20)7-13/h1,3-4,7-9,11H,2,5-6,10H2,(H,22,25). The molecule has 0 aliphatic carbocycles. The number of halogens is 2. The van der Waals surface area contributed by atoms with Crippen LogP contribution in [-0.2, 0) is 11.3 Å². The second-order valence-corrected chi connectivity index (χ2v) is 6.99. The Balaban J connectivity index is 1.50. The van der Waals surface area contributed by atoms with Gasteiger partial charge in [-0.1, -0.05) is 17.7 Å². The number of benzene rings is 1. The highest BCUT2D eigenvalue weighted by Crippen LogP contribution is 2.17. The van der Waals surface area contributed by atoms with Crippen molar-refractivity contribution in [2.24, 2.45) is 0 Å². The number of hydrogen-bond donors (Lipinski definition) is 1. The van der Waals surface area contributed by atoms with Crippen molar-refractivity contribution in [3.8, 4) is 5.75 Å². The molecule has 7 nitrogen and oxygen atoms in total. The van der Waals surface area contributed by atoms with Crippen LogP contribution in [0.2, 0.25) is 5.02 Å². The molecule has 3 rings (SSSR count). The molecule has 0 radical (unpaired) electrons. The predicted molar refractivity (Wildman–Crippen MR) is 106 cm³/mol. The van der Waals surface area contributed by atoms with E-state index in [-0.39, 0.29) is 18.0 Å². The van der Waals surface area contributed by atoms with E-state index in [4.69, 9.17) is 16.3 Å². The maximum Gasteiger partial charge on any atom is 0.262 e.